The van der Waals surface area contributed by atoms with Crippen LogP contribution in [0.3, 0.4) is 0 Å². The van der Waals surface area contributed by atoms with Crippen molar-refractivity contribution in [1.29, 1.82) is 0 Å². The van der Waals surface area contributed by atoms with Gasteiger partial charge in [0.1, 0.15) is 11.5 Å². The Morgan fingerprint density at radius 3 is 1.50 bits per heavy atom. The summed E-state index contributed by atoms with van der Waals surface area (Å²) in [6, 6.07) is 12.7. The highest BCUT2D eigenvalue weighted by atomic mass is 16.5. The van der Waals surface area contributed by atoms with Gasteiger partial charge < -0.3 is 19.4 Å². The first kappa shape index (κ1) is 31.4. The monoisotopic (exact) mass is 614 g/mol. The van der Waals surface area contributed by atoms with Crippen LogP contribution in [0.15, 0.2) is 36.4 Å². The Kier molecular flexibility index (Phi) is 8.41. The van der Waals surface area contributed by atoms with Gasteiger partial charge in [0, 0.05) is 33.2 Å². The van der Waals surface area contributed by atoms with E-state index in [2.05, 4.69) is 89.6 Å². The topological polar surface area (TPSA) is 75.8 Å². The van der Waals surface area contributed by atoms with Gasteiger partial charge in [-0.3, -0.25) is 0 Å². The summed E-state index contributed by atoms with van der Waals surface area (Å²) in [5.74, 6) is 1.52. The van der Waals surface area contributed by atoms with Crippen molar-refractivity contribution < 1.29 is 9.47 Å². The highest BCUT2D eigenvalue weighted by Crippen LogP contribution is 2.46. The summed E-state index contributed by atoms with van der Waals surface area (Å²) in [5, 5.41) is 0. The average molecular weight is 615 g/mol. The van der Waals surface area contributed by atoms with Crippen LogP contribution in [0.25, 0.3) is 55.5 Å². The van der Waals surface area contributed by atoms with Crippen LogP contribution in [-0.4, -0.2) is 34.2 Å². The maximum Gasteiger partial charge on any atom is 0.127 e. The van der Waals surface area contributed by atoms with Crippen molar-refractivity contribution in [2.24, 2.45) is 0 Å². The minimum Gasteiger partial charge on any atom is -0.497 e. The number of rotatable bonds is 7. The number of aromatic amines is 2. The second kappa shape index (κ2) is 12.3. The molecule has 0 radical (unpaired) electrons. The Morgan fingerprint density at radius 1 is 0.587 bits per heavy atom. The van der Waals surface area contributed by atoms with Crippen molar-refractivity contribution in [2.45, 2.75) is 81.1 Å². The molecule has 2 aliphatic rings. The normalized spacial score (nSPS) is 13.2. The van der Waals surface area contributed by atoms with Gasteiger partial charge in [-0.2, -0.15) is 0 Å². The lowest BCUT2D eigenvalue weighted by Crippen LogP contribution is -1.97. The van der Waals surface area contributed by atoms with E-state index in [-0.39, 0.29) is 0 Å². The van der Waals surface area contributed by atoms with Crippen LogP contribution in [0.5, 0.6) is 11.5 Å². The highest BCUT2D eigenvalue weighted by molar-refractivity contribution is 6.03. The zero-order valence-electron chi connectivity index (χ0n) is 29.0. The molecule has 0 atom stereocenters. The zero-order chi connectivity index (χ0) is 32.9. The summed E-state index contributed by atoms with van der Waals surface area (Å²) >= 11 is 0. The second-order valence-electron chi connectivity index (χ2n) is 12.3. The molecular weight excluding hydrogens is 568 g/mol. The summed E-state index contributed by atoms with van der Waals surface area (Å²) in [6.45, 7) is 17.7. The predicted octanol–water partition coefficient (Wildman–Crippen LogP) is 10.4. The standard InChI is InChI=1S/C40H46N4O2/c1-11-26-21(5)31-18-32-22(6)27(12-2)34(42-32)20-36-29(14-4)24(8)40(44-36)38(30-17-25(45-9)15-16-37(30)46-10)39-23(7)28(13-3)35(43-39)19-33(26)41-31/h15-20,41-42H,11-14H2,1-10H3. The van der Waals surface area contributed by atoms with Gasteiger partial charge in [0.15, 0.2) is 0 Å². The Hall–Kier alpha value is -4.58. The largest absolute Gasteiger partial charge is 0.497 e. The second-order valence-corrected chi connectivity index (χ2v) is 12.3. The molecule has 0 unspecified atom stereocenters. The fraction of sp³-hybridized carbons (Fsp3) is 0.350. The van der Waals surface area contributed by atoms with Crippen LogP contribution in [0.4, 0.5) is 0 Å². The molecule has 238 valence electrons. The number of methoxy groups -OCH3 is 2. The molecular formula is C40H46N4O2. The third-order valence-electron chi connectivity index (χ3n) is 10.0. The molecule has 0 fully saturated rings. The van der Waals surface area contributed by atoms with Crippen molar-refractivity contribution in [1.82, 2.24) is 19.9 Å². The molecule has 3 aromatic heterocycles. The maximum absolute atomic E-state index is 5.99. The van der Waals surface area contributed by atoms with Crippen molar-refractivity contribution in [3.8, 4) is 22.6 Å². The molecule has 6 rings (SSSR count). The van der Waals surface area contributed by atoms with Crippen LogP contribution in [0.2, 0.25) is 0 Å². The lowest BCUT2D eigenvalue weighted by Gasteiger charge is -2.15. The number of nitrogens with one attached hydrogen (secondary N) is 2. The molecule has 8 bridgehead atoms. The van der Waals surface area contributed by atoms with Crippen molar-refractivity contribution in [3.05, 3.63) is 81.4 Å². The maximum atomic E-state index is 5.99. The van der Waals surface area contributed by atoms with E-state index in [1.165, 1.54) is 33.4 Å². The summed E-state index contributed by atoms with van der Waals surface area (Å²) in [6.07, 6.45) is 3.58. The summed E-state index contributed by atoms with van der Waals surface area (Å²) in [5.41, 5.74) is 20.2. The Morgan fingerprint density at radius 2 is 1.09 bits per heavy atom. The molecule has 1 aromatic carbocycles. The van der Waals surface area contributed by atoms with Gasteiger partial charge in [0.2, 0.25) is 0 Å². The van der Waals surface area contributed by atoms with Crippen molar-refractivity contribution in [2.75, 3.05) is 14.2 Å². The van der Waals surface area contributed by atoms with Gasteiger partial charge in [0.25, 0.3) is 0 Å². The van der Waals surface area contributed by atoms with Crippen LogP contribution in [-0.2, 0) is 12.8 Å². The van der Waals surface area contributed by atoms with E-state index >= 15 is 0 Å². The van der Waals surface area contributed by atoms with E-state index in [9.17, 15) is 0 Å². The highest BCUT2D eigenvalue weighted by Gasteiger charge is 2.28. The van der Waals surface area contributed by atoms with E-state index in [4.69, 9.17) is 19.4 Å². The molecule has 0 saturated carbocycles. The lowest BCUT2D eigenvalue weighted by molar-refractivity contribution is 0.404. The summed E-state index contributed by atoms with van der Waals surface area (Å²) in [7, 11) is 3.42. The van der Waals surface area contributed by atoms with E-state index in [1.807, 2.05) is 12.1 Å². The van der Waals surface area contributed by atoms with E-state index in [1.54, 1.807) is 14.2 Å². The smallest absolute Gasteiger partial charge is 0.127 e. The predicted molar refractivity (Wildman–Crippen MR) is 193 cm³/mol. The molecule has 5 heterocycles. The summed E-state index contributed by atoms with van der Waals surface area (Å²) in [4.78, 5) is 18.5. The Labute approximate surface area is 272 Å². The minimum absolute atomic E-state index is 0.758. The molecule has 2 aliphatic heterocycles. The number of ether oxygens (including phenoxy) is 2. The third-order valence-corrected chi connectivity index (χ3v) is 10.0. The number of hydrogen-bond acceptors (Lipinski definition) is 4. The molecule has 0 spiro atoms. The number of fused-ring (bicyclic) bond motifs is 8. The first-order valence-electron chi connectivity index (χ1n) is 16.6. The number of aromatic nitrogens is 4. The van der Waals surface area contributed by atoms with E-state index < -0.39 is 0 Å². The van der Waals surface area contributed by atoms with Crippen molar-refractivity contribution >= 4 is 44.4 Å². The molecule has 6 heteroatoms. The first-order valence-corrected chi connectivity index (χ1v) is 16.6. The van der Waals surface area contributed by atoms with Crippen LogP contribution < -0.4 is 9.47 Å². The molecule has 46 heavy (non-hydrogen) atoms. The number of allylic oxidation sites excluding steroid dienone is 4. The van der Waals surface area contributed by atoms with E-state index in [0.717, 1.165) is 104 Å². The number of nitrogens with zero attached hydrogens (tertiary/aromatic N) is 2. The third kappa shape index (κ3) is 4.95. The molecule has 0 aliphatic carbocycles. The molecule has 4 aromatic rings. The Balaban J connectivity index is 1.91. The van der Waals surface area contributed by atoms with E-state index in [0.29, 0.717) is 0 Å². The average Bonchev–Trinajstić information content (AvgIpc) is 3.73. The molecule has 0 amide bonds. The molecule has 6 nitrogen and oxygen atoms in total. The van der Waals surface area contributed by atoms with Gasteiger partial charge in [-0.15, -0.1) is 0 Å². The molecule has 0 saturated heterocycles. The van der Waals surface area contributed by atoms with Gasteiger partial charge in [0.05, 0.1) is 37.0 Å². The lowest BCUT2D eigenvalue weighted by atomic mass is 9.92. The number of H-pyrrole nitrogens is 2. The van der Waals surface area contributed by atoms with Crippen LogP contribution >= 0.6 is 0 Å². The minimum atomic E-state index is 0.758. The number of aryl methyl sites for hydroxylation is 4. The fourth-order valence-electron chi connectivity index (χ4n) is 7.43. The van der Waals surface area contributed by atoms with Gasteiger partial charge >= 0.3 is 0 Å². The Bertz CT molecular complexity index is 1990. The quantitative estimate of drug-likeness (QED) is 0.217. The van der Waals surface area contributed by atoms with Crippen molar-refractivity contribution in [3.63, 3.8) is 0 Å². The molecule has 2 N–H and O–H groups in total. The number of hydrogen-bond donors (Lipinski definition) is 2. The SMILES string of the molecule is CCC1=C(C)c2nc1cc1[nH]c(cc3[nH]c(cc4nc(c2-c2cc(OC)ccc2OC)C(C)=C4CC)c(CC)c3C)c(C)c1CC. The number of benzene rings is 1. The summed E-state index contributed by atoms with van der Waals surface area (Å²) < 4.78 is 11.7. The fourth-order valence-corrected chi connectivity index (χ4v) is 7.43. The van der Waals surface area contributed by atoms with Crippen LogP contribution in [0, 0.1) is 13.8 Å². The van der Waals surface area contributed by atoms with Crippen LogP contribution in [0.1, 0.15) is 99.4 Å². The zero-order valence-corrected chi connectivity index (χ0v) is 29.0. The van der Waals surface area contributed by atoms with Gasteiger partial charge in [-0.05, 0) is 134 Å². The van der Waals surface area contributed by atoms with Gasteiger partial charge in [-0.1, -0.05) is 27.7 Å². The van der Waals surface area contributed by atoms with Gasteiger partial charge in [-0.25, -0.2) is 9.97 Å². The first-order chi connectivity index (χ1) is 22.2.